The molecule has 42 valence electrons. The Labute approximate surface area is 93.4 Å². The summed E-state index contributed by atoms with van der Waals surface area (Å²) in [4.78, 5) is 21.6. The van der Waals surface area contributed by atoms with Gasteiger partial charge in [0, 0.05) is 67.4 Å². The Morgan fingerprint density at radius 2 is 1.12 bits per heavy atom. The molecule has 0 saturated heterocycles. The van der Waals surface area contributed by atoms with Gasteiger partial charge in [-0.05, 0) is 0 Å². The quantitative estimate of drug-likeness (QED) is 0.399. The van der Waals surface area contributed by atoms with E-state index in [4.69, 9.17) is 19.2 Å². The summed E-state index contributed by atoms with van der Waals surface area (Å²) in [6, 6.07) is 0. The van der Waals surface area contributed by atoms with Gasteiger partial charge in [-0.2, -0.15) is 0 Å². The number of hydrogen-bond acceptors (Lipinski definition) is 1. The molecule has 3 N–H and O–H groups in total. The summed E-state index contributed by atoms with van der Waals surface area (Å²) in [7, 11) is -4.64. The molecule has 0 aliphatic heterocycles. The monoisotopic (exact) mass is 300 g/mol. The third kappa shape index (κ3) is 82.4. The Kier molecular flexibility index (Phi) is 26.2. The minimum absolute atomic E-state index is 0. The molecule has 0 unspecified atom stereocenters. The topological polar surface area (TPSA) is 77.8 Å². The molecule has 0 saturated carbocycles. The van der Waals surface area contributed by atoms with Gasteiger partial charge >= 0.3 is 7.82 Å². The van der Waals surface area contributed by atoms with E-state index < -0.39 is 7.82 Å². The maximum absolute atomic E-state index is 8.88. The van der Waals surface area contributed by atoms with Gasteiger partial charge in [0.15, 0.2) is 0 Å². The molecule has 0 fully saturated rings. The van der Waals surface area contributed by atoms with E-state index in [-0.39, 0.29) is 67.4 Å². The number of phosphoric acid groups is 1. The van der Waals surface area contributed by atoms with Crippen LogP contribution >= 0.6 is 7.82 Å². The van der Waals surface area contributed by atoms with E-state index in [1.165, 1.54) is 0 Å². The summed E-state index contributed by atoms with van der Waals surface area (Å²) in [5.74, 6) is 0. The number of rotatable bonds is 0. The predicted molar refractivity (Wildman–Crippen MR) is 14.3 cm³/mol. The molecule has 0 amide bonds. The third-order valence-electron chi connectivity index (χ3n) is 0. The molecule has 0 spiro atoms. The molecule has 0 aromatic heterocycles. The Hall–Kier alpha value is 2.33. The Morgan fingerprint density at radius 1 is 1.12 bits per heavy atom. The Balaban J connectivity index is -0.0000000267. The molecule has 0 atom stereocenters. The summed E-state index contributed by atoms with van der Waals surface area (Å²) in [5, 5.41) is 0. The van der Waals surface area contributed by atoms with Crippen LogP contribution in [0.3, 0.4) is 0 Å². The third-order valence-corrected chi connectivity index (χ3v) is 0. The van der Waals surface area contributed by atoms with Crippen molar-refractivity contribution < 1.29 is 86.6 Å². The van der Waals surface area contributed by atoms with Crippen LogP contribution in [-0.4, -0.2) is 14.7 Å². The zero-order chi connectivity index (χ0) is 4.50. The summed E-state index contributed by atoms with van der Waals surface area (Å²) < 4.78 is 8.88. The normalized spacial score (nSPS) is 7.38. The van der Waals surface area contributed by atoms with Crippen LogP contribution in [0.25, 0.3) is 0 Å². The van der Waals surface area contributed by atoms with Gasteiger partial charge < -0.3 is 14.7 Å². The average molecular weight is 302 g/mol. The van der Waals surface area contributed by atoms with Gasteiger partial charge in [-0.25, -0.2) is 4.57 Å². The minimum Gasteiger partial charge on any atom is -0.303 e. The molecular weight excluding hydrogens is 299 g/mol. The van der Waals surface area contributed by atoms with Crippen molar-refractivity contribution in [2.24, 2.45) is 0 Å². The molecule has 0 bridgehead atoms. The summed E-state index contributed by atoms with van der Waals surface area (Å²) in [6.45, 7) is 0. The van der Waals surface area contributed by atoms with Crippen LogP contribution in [-0.2, 0) is 72.0 Å². The van der Waals surface area contributed by atoms with Crippen LogP contribution in [0.1, 0.15) is 0 Å². The fourth-order valence-corrected chi connectivity index (χ4v) is 0. The Morgan fingerprint density at radius 3 is 1.12 bits per heavy atom. The maximum Gasteiger partial charge on any atom is 0.466 e. The molecule has 8 heteroatoms. The molecule has 0 radical (unpaired) electrons. The van der Waals surface area contributed by atoms with Crippen LogP contribution in [0.2, 0.25) is 0 Å². The zero-order valence-electron chi connectivity index (χ0n) is 3.90. The van der Waals surface area contributed by atoms with Gasteiger partial charge in [0.1, 0.15) is 0 Å². The van der Waals surface area contributed by atoms with Crippen LogP contribution in [0, 0.1) is 0 Å². The van der Waals surface area contributed by atoms with Gasteiger partial charge in [-0.3, -0.25) is 0 Å². The first kappa shape index (κ1) is 22.4. The Bertz CT molecular complexity index is 62.2. The van der Waals surface area contributed by atoms with Crippen molar-refractivity contribution in [2.45, 2.75) is 0 Å². The van der Waals surface area contributed by atoms with E-state index in [1.54, 1.807) is 0 Å². The maximum atomic E-state index is 8.88. The van der Waals surface area contributed by atoms with E-state index in [1.807, 2.05) is 0 Å². The molecular formula is H3O4PTiZnZr. The first-order valence-corrected chi connectivity index (χ1v) is 2.35. The second-order valence-electron chi connectivity index (χ2n) is 0.513. The summed E-state index contributed by atoms with van der Waals surface area (Å²) in [5.41, 5.74) is 0. The van der Waals surface area contributed by atoms with Crippen molar-refractivity contribution >= 4 is 7.82 Å². The van der Waals surface area contributed by atoms with E-state index in [2.05, 4.69) is 0 Å². The molecule has 0 aromatic rings. The smallest absolute Gasteiger partial charge is 0.303 e. The van der Waals surface area contributed by atoms with Crippen LogP contribution in [0.5, 0.6) is 0 Å². The molecule has 0 aromatic carbocycles. The van der Waals surface area contributed by atoms with Crippen molar-refractivity contribution in [2.75, 3.05) is 0 Å². The standard InChI is InChI=1S/H3O4P.Ti.Zn.Zr/c1-5(2,3)4;;;/h(H3,1,2,3,4);;;. The van der Waals surface area contributed by atoms with E-state index in [0.29, 0.717) is 0 Å². The van der Waals surface area contributed by atoms with Crippen molar-refractivity contribution in [1.29, 1.82) is 0 Å². The van der Waals surface area contributed by atoms with Crippen LogP contribution in [0.4, 0.5) is 0 Å². The second kappa shape index (κ2) is 9.33. The first-order chi connectivity index (χ1) is 2.00. The van der Waals surface area contributed by atoms with Gasteiger partial charge in [0.2, 0.25) is 0 Å². The molecule has 0 heterocycles. The van der Waals surface area contributed by atoms with Gasteiger partial charge in [-0.15, -0.1) is 0 Å². The van der Waals surface area contributed by atoms with Crippen molar-refractivity contribution in [3.63, 3.8) is 0 Å². The van der Waals surface area contributed by atoms with Crippen molar-refractivity contribution in [3.8, 4) is 0 Å². The predicted octanol–water partition coefficient (Wildman–Crippen LogP) is -0.936. The van der Waals surface area contributed by atoms with Gasteiger partial charge in [-0.1, -0.05) is 0 Å². The average Bonchev–Trinajstić information content (AvgIpc) is 0.722. The van der Waals surface area contributed by atoms with Crippen molar-refractivity contribution in [1.82, 2.24) is 0 Å². The van der Waals surface area contributed by atoms with E-state index in [9.17, 15) is 0 Å². The van der Waals surface area contributed by atoms with E-state index >= 15 is 0 Å². The fraction of sp³-hybridized carbons (Fsp3) is 0. The molecule has 4 nitrogen and oxygen atoms in total. The number of hydrogen-bond donors (Lipinski definition) is 3. The molecule has 8 heavy (non-hydrogen) atoms. The second-order valence-corrected chi connectivity index (χ2v) is 1.54. The molecule has 0 rings (SSSR count). The first-order valence-electron chi connectivity index (χ1n) is 0.783. The van der Waals surface area contributed by atoms with Gasteiger partial charge in [0.25, 0.3) is 0 Å². The minimum atomic E-state index is -4.64. The summed E-state index contributed by atoms with van der Waals surface area (Å²) in [6.07, 6.45) is 0. The SMILES string of the molecule is O=P(O)(O)O.[Ti].[Zn].[Zr]. The molecule has 0 aliphatic carbocycles. The largest absolute Gasteiger partial charge is 0.466 e. The zero-order valence-corrected chi connectivity index (χ0v) is 11.8. The summed E-state index contributed by atoms with van der Waals surface area (Å²) >= 11 is 0. The van der Waals surface area contributed by atoms with Gasteiger partial charge in [0.05, 0.1) is 0 Å². The van der Waals surface area contributed by atoms with E-state index in [0.717, 1.165) is 0 Å². The molecule has 0 aliphatic rings. The fourth-order valence-electron chi connectivity index (χ4n) is 0. The van der Waals surface area contributed by atoms with Crippen LogP contribution < -0.4 is 0 Å². The van der Waals surface area contributed by atoms with Crippen LogP contribution in [0.15, 0.2) is 0 Å². The van der Waals surface area contributed by atoms with Crippen molar-refractivity contribution in [3.05, 3.63) is 0 Å².